The summed E-state index contributed by atoms with van der Waals surface area (Å²) in [7, 11) is 0. The smallest absolute Gasteiger partial charge is 0.441 e. The van der Waals surface area contributed by atoms with Crippen LogP contribution in [-0.4, -0.2) is 37.6 Å². The third-order valence-corrected chi connectivity index (χ3v) is 3.27. The molecule has 0 N–H and O–H groups in total. The third-order valence-electron chi connectivity index (χ3n) is 3.27. The van der Waals surface area contributed by atoms with E-state index in [0.717, 1.165) is 10.1 Å². The molecule has 0 saturated carbocycles. The Bertz CT molecular complexity index is 964. The van der Waals surface area contributed by atoms with Gasteiger partial charge in [0.15, 0.2) is 5.75 Å². The zero-order valence-electron chi connectivity index (χ0n) is 15.1. The molecule has 0 aliphatic carbocycles. The van der Waals surface area contributed by atoms with Crippen LogP contribution < -0.4 is 4.74 Å². The van der Waals surface area contributed by atoms with Gasteiger partial charge in [-0.3, -0.25) is 0 Å². The van der Waals surface area contributed by atoms with Gasteiger partial charge in [-0.05, 0) is 32.9 Å². The monoisotopic (exact) mass is 370 g/mol. The molecule has 0 spiro atoms. The van der Waals surface area contributed by atoms with Gasteiger partial charge in [-0.1, -0.05) is 18.2 Å². The van der Waals surface area contributed by atoms with Crippen molar-refractivity contribution < 1.29 is 23.8 Å². The minimum atomic E-state index is -0.820. The van der Waals surface area contributed by atoms with Gasteiger partial charge >= 0.3 is 12.2 Å². The first kappa shape index (κ1) is 18.3. The van der Waals surface area contributed by atoms with Crippen LogP contribution in [0.1, 0.15) is 26.5 Å². The molecule has 0 bridgehead atoms. The summed E-state index contributed by atoms with van der Waals surface area (Å²) in [5, 5.41) is 4.46. The molecular weight excluding hydrogens is 352 g/mol. The summed E-state index contributed by atoms with van der Waals surface area (Å²) in [5.74, 6) is 0.256. The molecule has 2 aromatic heterocycles. The van der Waals surface area contributed by atoms with E-state index in [1.54, 1.807) is 45.0 Å². The molecule has 0 amide bonds. The Hall–Kier alpha value is -3.49. The SMILES string of the molecule is CC(C)(C)OC(=O)Oc1cccc2ccc(COC(=O)n3cncn3)nc12. The summed E-state index contributed by atoms with van der Waals surface area (Å²) in [6, 6.07) is 8.70. The van der Waals surface area contributed by atoms with Crippen molar-refractivity contribution in [1.29, 1.82) is 0 Å². The molecule has 0 radical (unpaired) electrons. The molecule has 2 heterocycles. The highest BCUT2D eigenvalue weighted by Gasteiger charge is 2.19. The summed E-state index contributed by atoms with van der Waals surface area (Å²) in [5.41, 5.74) is 0.268. The average Bonchev–Trinajstić information content (AvgIpc) is 3.13. The number of benzene rings is 1. The summed E-state index contributed by atoms with van der Waals surface area (Å²) in [4.78, 5) is 31.9. The van der Waals surface area contributed by atoms with Crippen LogP contribution in [0.5, 0.6) is 5.75 Å². The van der Waals surface area contributed by atoms with Crippen LogP contribution in [0.15, 0.2) is 43.0 Å². The Kier molecular flexibility index (Phi) is 5.02. The Morgan fingerprint density at radius 3 is 2.67 bits per heavy atom. The van der Waals surface area contributed by atoms with E-state index in [1.807, 2.05) is 6.07 Å². The number of para-hydroxylation sites is 1. The number of hydrogen-bond acceptors (Lipinski definition) is 8. The number of fused-ring (bicyclic) bond motifs is 1. The second kappa shape index (κ2) is 7.40. The number of ether oxygens (including phenoxy) is 3. The maximum atomic E-state index is 11.9. The molecule has 9 nitrogen and oxygen atoms in total. The van der Waals surface area contributed by atoms with Gasteiger partial charge in [0.2, 0.25) is 0 Å². The third kappa shape index (κ3) is 4.78. The minimum absolute atomic E-state index is 0.0740. The van der Waals surface area contributed by atoms with Crippen molar-refractivity contribution in [2.75, 3.05) is 0 Å². The minimum Gasteiger partial charge on any atom is -0.441 e. The van der Waals surface area contributed by atoms with Crippen molar-refractivity contribution in [3.8, 4) is 5.75 Å². The molecule has 9 heteroatoms. The fraction of sp³-hybridized carbons (Fsp3) is 0.278. The van der Waals surface area contributed by atoms with E-state index in [2.05, 4.69) is 15.1 Å². The molecule has 1 aromatic carbocycles. The van der Waals surface area contributed by atoms with Crippen LogP contribution in [0.2, 0.25) is 0 Å². The topological polar surface area (TPSA) is 105 Å². The molecule has 27 heavy (non-hydrogen) atoms. The molecule has 0 atom stereocenters. The number of hydrogen-bond donors (Lipinski definition) is 0. The highest BCUT2D eigenvalue weighted by Crippen LogP contribution is 2.25. The molecule has 0 aliphatic heterocycles. The number of carbonyl (C=O) groups is 2. The maximum absolute atomic E-state index is 11.9. The van der Waals surface area contributed by atoms with Crippen LogP contribution in [0, 0.1) is 0 Å². The molecule has 3 aromatic rings. The average molecular weight is 370 g/mol. The van der Waals surface area contributed by atoms with Crippen LogP contribution in [0.25, 0.3) is 10.9 Å². The van der Waals surface area contributed by atoms with E-state index >= 15 is 0 Å². The largest absolute Gasteiger partial charge is 0.514 e. The Morgan fingerprint density at radius 1 is 1.15 bits per heavy atom. The van der Waals surface area contributed by atoms with Crippen molar-refractivity contribution in [3.63, 3.8) is 0 Å². The summed E-state index contributed by atoms with van der Waals surface area (Å²) >= 11 is 0. The highest BCUT2D eigenvalue weighted by molar-refractivity contribution is 5.86. The number of rotatable bonds is 3. The maximum Gasteiger partial charge on any atom is 0.514 e. The fourth-order valence-electron chi connectivity index (χ4n) is 2.19. The lowest BCUT2D eigenvalue weighted by molar-refractivity contribution is 0.0209. The predicted molar refractivity (Wildman–Crippen MR) is 94.2 cm³/mol. The second-order valence-electron chi connectivity index (χ2n) is 6.59. The zero-order chi connectivity index (χ0) is 19.4. The van der Waals surface area contributed by atoms with E-state index in [-0.39, 0.29) is 12.4 Å². The van der Waals surface area contributed by atoms with Crippen LogP contribution in [0.4, 0.5) is 9.59 Å². The highest BCUT2D eigenvalue weighted by atomic mass is 16.7. The van der Waals surface area contributed by atoms with Crippen LogP contribution >= 0.6 is 0 Å². The van der Waals surface area contributed by atoms with Crippen molar-refractivity contribution >= 4 is 23.2 Å². The lowest BCUT2D eigenvalue weighted by Gasteiger charge is -2.19. The number of aromatic nitrogens is 4. The Labute approximate surface area is 154 Å². The van der Waals surface area contributed by atoms with Crippen molar-refractivity contribution in [1.82, 2.24) is 19.7 Å². The molecule has 0 unspecified atom stereocenters. The summed E-state index contributed by atoms with van der Waals surface area (Å²) in [6.45, 7) is 5.17. The van der Waals surface area contributed by atoms with Gasteiger partial charge in [0.1, 0.15) is 30.4 Å². The first-order chi connectivity index (χ1) is 12.8. The standard InChI is InChI=1S/C18H18N4O5/c1-18(2,3)27-17(24)26-14-6-4-5-12-7-8-13(21-15(12)14)9-25-16(23)22-11-19-10-20-22/h4-8,10-11H,9H2,1-3H3. The van der Waals surface area contributed by atoms with Gasteiger partial charge in [-0.2, -0.15) is 4.68 Å². The van der Waals surface area contributed by atoms with Gasteiger partial charge in [0, 0.05) is 5.39 Å². The molecular formula is C18H18N4O5. The molecule has 0 aliphatic rings. The molecule has 0 fully saturated rings. The van der Waals surface area contributed by atoms with E-state index in [4.69, 9.17) is 14.2 Å². The van der Waals surface area contributed by atoms with Gasteiger partial charge in [0.05, 0.1) is 5.69 Å². The van der Waals surface area contributed by atoms with E-state index in [0.29, 0.717) is 11.2 Å². The first-order valence-electron chi connectivity index (χ1n) is 8.13. The van der Waals surface area contributed by atoms with Gasteiger partial charge in [0.25, 0.3) is 0 Å². The normalized spacial score (nSPS) is 11.2. The van der Waals surface area contributed by atoms with Crippen LogP contribution in [0.3, 0.4) is 0 Å². The molecule has 0 saturated heterocycles. The number of nitrogens with zero attached hydrogens (tertiary/aromatic N) is 4. The zero-order valence-corrected chi connectivity index (χ0v) is 15.1. The van der Waals surface area contributed by atoms with E-state index in [9.17, 15) is 9.59 Å². The van der Waals surface area contributed by atoms with Gasteiger partial charge in [-0.15, -0.1) is 5.10 Å². The second-order valence-corrected chi connectivity index (χ2v) is 6.59. The predicted octanol–water partition coefficient (Wildman–Crippen LogP) is 3.33. The van der Waals surface area contributed by atoms with E-state index < -0.39 is 17.8 Å². The molecule has 140 valence electrons. The van der Waals surface area contributed by atoms with Gasteiger partial charge in [-0.25, -0.2) is 19.6 Å². The fourth-order valence-corrected chi connectivity index (χ4v) is 2.19. The molecule has 3 rings (SSSR count). The van der Waals surface area contributed by atoms with Crippen molar-refractivity contribution in [2.45, 2.75) is 33.0 Å². The van der Waals surface area contributed by atoms with Crippen LogP contribution in [-0.2, 0) is 16.1 Å². The lowest BCUT2D eigenvalue weighted by Crippen LogP contribution is -2.26. The van der Waals surface area contributed by atoms with Gasteiger partial charge < -0.3 is 14.2 Å². The lowest BCUT2D eigenvalue weighted by atomic mass is 10.2. The van der Waals surface area contributed by atoms with Crippen molar-refractivity contribution in [3.05, 3.63) is 48.7 Å². The summed E-state index contributed by atoms with van der Waals surface area (Å²) in [6.07, 6.45) is 0.978. The van der Waals surface area contributed by atoms with E-state index in [1.165, 1.54) is 12.7 Å². The first-order valence-corrected chi connectivity index (χ1v) is 8.13. The van der Waals surface area contributed by atoms with Crippen molar-refractivity contribution in [2.24, 2.45) is 0 Å². The number of carbonyl (C=O) groups excluding carboxylic acids is 2. The Balaban J connectivity index is 1.77. The Morgan fingerprint density at radius 2 is 1.96 bits per heavy atom. The number of pyridine rings is 1. The summed E-state index contributed by atoms with van der Waals surface area (Å²) < 4.78 is 16.6. The quantitative estimate of drug-likeness (QED) is 0.511.